The zero-order valence-corrected chi connectivity index (χ0v) is 29.2. The van der Waals surface area contributed by atoms with Gasteiger partial charge in [0.05, 0.1) is 10.6 Å². The van der Waals surface area contributed by atoms with Gasteiger partial charge in [0.1, 0.15) is 12.6 Å². The van der Waals surface area contributed by atoms with E-state index in [0.717, 1.165) is 26.7 Å². The van der Waals surface area contributed by atoms with Crippen LogP contribution >= 0.6 is 15.9 Å². The number of nitrogens with zero attached hydrogens (tertiary/aromatic N) is 2. The zero-order valence-electron chi connectivity index (χ0n) is 26.8. The minimum atomic E-state index is -4.16. The van der Waals surface area contributed by atoms with Crippen LogP contribution in [0.1, 0.15) is 43.0 Å². The number of carbonyl (C=O) groups is 2. The van der Waals surface area contributed by atoms with E-state index in [0.29, 0.717) is 18.7 Å². The number of anilines is 1. The van der Waals surface area contributed by atoms with E-state index in [1.165, 1.54) is 9.21 Å². The van der Waals surface area contributed by atoms with Crippen LogP contribution < -0.4 is 9.62 Å². The molecule has 4 aromatic rings. The fourth-order valence-corrected chi connectivity index (χ4v) is 6.88. The Morgan fingerprint density at radius 2 is 1.46 bits per heavy atom. The Labute approximate surface area is 281 Å². The van der Waals surface area contributed by atoms with Gasteiger partial charge in [0.25, 0.3) is 10.0 Å². The molecule has 0 aromatic heterocycles. The van der Waals surface area contributed by atoms with Crippen molar-refractivity contribution in [2.45, 2.75) is 58.0 Å². The average molecular weight is 705 g/mol. The lowest BCUT2D eigenvalue weighted by atomic mass is 10.0. The van der Waals surface area contributed by atoms with Gasteiger partial charge in [-0.25, -0.2) is 8.42 Å². The summed E-state index contributed by atoms with van der Waals surface area (Å²) in [6.45, 7) is 7.95. The number of nitrogens with one attached hydrogen (secondary N) is 1. The first-order valence-corrected chi connectivity index (χ1v) is 17.8. The van der Waals surface area contributed by atoms with Crippen molar-refractivity contribution in [3.05, 3.63) is 130 Å². The van der Waals surface area contributed by atoms with E-state index in [4.69, 9.17) is 0 Å². The van der Waals surface area contributed by atoms with Crippen molar-refractivity contribution in [3.63, 3.8) is 0 Å². The molecule has 2 amide bonds. The van der Waals surface area contributed by atoms with E-state index in [2.05, 4.69) is 21.2 Å². The van der Waals surface area contributed by atoms with Gasteiger partial charge < -0.3 is 10.2 Å². The molecule has 0 saturated carbocycles. The molecule has 0 fully saturated rings. The first-order valence-electron chi connectivity index (χ1n) is 15.5. The van der Waals surface area contributed by atoms with E-state index < -0.39 is 28.5 Å². The number of para-hydroxylation sites is 1. The molecule has 0 unspecified atom stereocenters. The summed E-state index contributed by atoms with van der Waals surface area (Å²) in [5, 5.41) is 3.03. The monoisotopic (exact) mass is 703 g/mol. The Morgan fingerprint density at radius 1 is 0.826 bits per heavy atom. The molecule has 0 aliphatic heterocycles. The van der Waals surface area contributed by atoms with Crippen molar-refractivity contribution < 1.29 is 18.0 Å². The average Bonchev–Trinajstić information content (AvgIpc) is 3.05. The summed E-state index contributed by atoms with van der Waals surface area (Å²) in [6.07, 6.45) is 0.838. The molecule has 1 N–H and O–H groups in total. The molecule has 1 atom stereocenters. The van der Waals surface area contributed by atoms with Crippen LogP contribution in [0.3, 0.4) is 0 Å². The van der Waals surface area contributed by atoms with Crippen molar-refractivity contribution in [3.8, 4) is 0 Å². The normalized spacial score (nSPS) is 12.0. The van der Waals surface area contributed by atoms with Crippen molar-refractivity contribution in [2.75, 3.05) is 17.4 Å². The van der Waals surface area contributed by atoms with Crippen molar-refractivity contribution in [1.29, 1.82) is 0 Å². The van der Waals surface area contributed by atoms with Gasteiger partial charge in [0.15, 0.2) is 0 Å². The summed E-state index contributed by atoms with van der Waals surface area (Å²) in [6, 6.07) is 30.1. The number of amides is 2. The minimum absolute atomic E-state index is 0.0896. The smallest absolute Gasteiger partial charge is 0.264 e. The van der Waals surface area contributed by atoms with Crippen LogP contribution in [0.5, 0.6) is 0 Å². The number of sulfonamides is 1. The van der Waals surface area contributed by atoms with Gasteiger partial charge >= 0.3 is 0 Å². The molecule has 0 saturated heterocycles. The SMILES string of the molecule is CCc1ccccc1N(CC(=O)N(Cc1ccc(Br)cc1)[C@@H](Cc1ccccc1)C(=O)NCC(C)C)S(=O)(=O)c1ccc(C)cc1. The molecule has 4 rings (SSSR count). The third-order valence-corrected chi connectivity index (χ3v) is 10.1. The Balaban J connectivity index is 1.82. The molecule has 0 aliphatic rings. The summed E-state index contributed by atoms with van der Waals surface area (Å²) in [5.74, 6) is -0.562. The molecule has 0 radical (unpaired) electrons. The molecule has 0 heterocycles. The number of aryl methyl sites for hydroxylation is 2. The summed E-state index contributed by atoms with van der Waals surface area (Å²) in [5.41, 5.74) is 3.86. The Hall–Kier alpha value is -3.95. The number of halogens is 1. The van der Waals surface area contributed by atoms with Gasteiger partial charge in [0, 0.05) is 24.0 Å². The second-order valence-electron chi connectivity index (χ2n) is 11.8. The number of hydrogen-bond donors (Lipinski definition) is 1. The van der Waals surface area contributed by atoms with Gasteiger partial charge in [-0.2, -0.15) is 0 Å². The van der Waals surface area contributed by atoms with Crippen LogP contribution in [0.25, 0.3) is 0 Å². The van der Waals surface area contributed by atoms with Crippen LogP contribution in [0.2, 0.25) is 0 Å². The van der Waals surface area contributed by atoms with E-state index in [1.807, 2.05) is 94.4 Å². The summed E-state index contributed by atoms with van der Waals surface area (Å²) in [7, 11) is -4.16. The van der Waals surface area contributed by atoms with Crippen LogP contribution in [0, 0.1) is 12.8 Å². The maximum absolute atomic E-state index is 14.6. The minimum Gasteiger partial charge on any atom is -0.354 e. The van der Waals surface area contributed by atoms with Crippen LogP contribution in [0.15, 0.2) is 112 Å². The Bertz CT molecular complexity index is 1710. The van der Waals surface area contributed by atoms with Gasteiger partial charge in [0.2, 0.25) is 11.8 Å². The standard InChI is InChI=1S/C37H42BrN3O4S/c1-5-31-13-9-10-14-34(31)41(46(44,45)33-21-15-28(4)16-22-33)26-36(42)40(25-30-17-19-32(38)20-18-30)35(37(43)39-24-27(2)3)23-29-11-7-6-8-12-29/h6-22,27,35H,5,23-26H2,1-4H3,(H,39,43)/t35-/m0/s1. The number of carbonyl (C=O) groups excluding carboxylic acids is 2. The lowest BCUT2D eigenvalue weighted by molar-refractivity contribution is -0.140. The molecular weight excluding hydrogens is 662 g/mol. The highest BCUT2D eigenvalue weighted by atomic mass is 79.9. The molecule has 0 bridgehead atoms. The third-order valence-electron chi connectivity index (χ3n) is 7.75. The van der Waals surface area contributed by atoms with Crippen LogP contribution in [-0.4, -0.2) is 44.3 Å². The molecule has 242 valence electrons. The lowest BCUT2D eigenvalue weighted by Gasteiger charge is -2.34. The predicted molar refractivity (Wildman–Crippen MR) is 188 cm³/mol. The molecule has 4 aromatic carbocycles. The van der Waals surface area contributed by atoms with E-state index in [1.54, 1.807) is 36.4 Å². The number of rotatable bonds is 14. The first kappa shape index (κ1) is 34.9. The molecule has 7 nitrogen and oxygen atoms in total. The van der Waals surface area contributed by atoms with Crippen LogP contribution in [-0.2, 0) is 39.0 Å². The molecule has 0 spiro atoms. The third kappa shape index (κ3) is 9.07. The van der Waals surface area contributed by atoms with Crippen LogP contribution in [0.4, 0.5) is 5.69 Å². The largest absolute Gasteiger partial charge is 0.354 e. The molecule has 9 heteroatoms. The zero-order chi connectivity index (χ0) is 33.3. The molecule has 0 aliphatic carbocycles. The van der Waals surface area contributed by atoms with E-state index in [-0.39, 0.29) is 29.7 Å². The molecular formula is C37H42BrN3O4S. The van der Waals surface area contributed by atoms with Crippen molar-refractivity contribution in [2.24, 2.45) is 5.92 Å². The number of benzene rings is 4. The lowest BCUT2D eigenvalue weighted by Crippen LogP contribution is -2.53. The van der Waals surface area contributed by atoms with Crippen molar-refractivity contribution >= 4 is 43.5 Å². The Kier molecular flexibility index (Phi) is 12.2. The van der Waals surface area contributed by atoms with E-state index >= 15 is 0 Å². The van der Waals surface area contributed by atoms with Crippen molar-refractivity contribution in [1.82, 2.24) is 10.2 Å². The van der Waals surface area contributed by atoms with Gasteiger partial charge in [-0.1, -0.05) is 115 Å². The quantitative estimate of drug-likeness (QED) is 0.154. The number of hydrogen-bond acceptors (Lipinski definition) is 4. The topological polar surface area (TPSA) is 86.8 Å². The summed E-state index contributed by atoms with van der Waals surface area (Å²) < 4.78 is 30.7. The first-order chi connectivity index (χ1) is 22.0. The maximum Gasteiger partial charge on any atom is 0.264 e. The highest BCUT2D eigenvalue weighted by molar-refractivity contribution is 9.10. The molecule has 46 heavy (non-hydrogen) atoms. The fraction of sp³-hybridized carbons (Fsp3) is 0.297. The maximum atomic E-state index is 14.6. The van der Waals surface area contributed by atoms with Gasteiger partial charge in [-0.05, 0) is 66.3 Å². The van der Waals surface area contributed by atoms with E-state index in [9.17, 15) is 18.0 Å². The highest BCUT2D eigenvalue weighted by Gasteiger charge is 2.35. The van der Waals surface area contributed by atoms with Gasteiger partial charge in [-0.3, -0.25) is 13.9 Å². The Morgan fingerprint density at radius 3 is 2.09 bits per heavy atom. The fourth-order valence-electron chi connectivity index (χ4n) is 5.17. The van der Waals surface area contributed by atoms with Gasteiger partial charge in [-0.15, -0.1) is 0 Å². The predicted octanol–water partition coefficient (Wildman–Crippen LogP) is 6.93. The summed E-state index contributed by atoms with van der Waals surface area (Å²) in [4.78, 5) is 30.2. The highest BCUT2D eigenvalue weighted by Crippen LogP contribution is 2.29. The second kappa shape index (κ2) is 16.1. The summed E-state index contributed by atoms with van der Waals surface area (Å²) >= 11 is 3.47. The second-order valence-corrected chi connectivity index (χ2v) is 14.6.